The molecule has 7 nitrogen and oxygen atoms in total. The van der Waals surface area contributed by atoms with Crippen LogP contribution in [-0.4, -0.2) is 40.3 Å². The minimum Gasteiger partial charge on any atom is -0.495 e. The molecule has 1 aromatic heterocycles. The van der Waals surface area contributed by atoms with Gasteiger partial charge in [-0.1, -0.05) is 18.6 Å². The smallest absolute Gasteiger partial charge is 0.259 e. The van der Waals surface area contributed by atoms with Crippen molar-refractivity contribution in [1.82, 2.24) is 14.9 Å². The Morgan fingerprint density at radius 3 is 2.63 bits per heavy atom. The highest BCUT2D eigenvalue weighted by molar-refractivity contribution is 6.05. The lowest BCUT2D eigenvalue weighted by Gasteiger charge is -2.39. The number of anilines is 1. The lowest BCUT2D eigenvalue weighted by molar-refractivity contribution is -0.142. The highest BCUT2D eigenvalue weighted by Crippen LogP contribution is 2.35. The summed E-state index contributed by atoms with van der Waals surface area (Å²) in [5.41, 5.74) is 1.62. The van der Waals surface area contributed by atoms with Crippen molar-refractivity contribution in [2.24, 2.45) is 5.92 Å². The van der Waals surface area contributed by atoms with Crippen molar-refractivity contribution >= 4 is 17.5 Å². The molecule has 0 bridgehead atoms. The number of amides is 2. The molecule has 2 heterocycles. The van der Waals surface area contributed by atoms with E-state index < -0.39 is 0 Å². The maximum Gasteiger partial charge on any atom is 0.259 e. The first kappa shape index (κ1) is 20.3. The summed E-state index contributed by atoms with van der Waals surface area (Å²) in [6.45, 7) is 2.57. The van der Waals surface area contributed by atoms with Gasteiger partial charge in [0.1, 0.15) is 5.75 Å². The predicted octanol–water partition coefficient (Wildman–Crippen LogP) is 3.90. The van der Waals surface area contributed by atoms with Crippen LogP contribution in [0.1, 0.15) is 66.4 Å². The van der Waals surface area contributed by atoms with Gasteiger partial charge in [-0.05, 0) is 51.2 Å². The number of benzene rings is 1. The molecule has 1 aromatic carbocycles. The van der Waals surface area contributed by atoms with Gasteiger partial charge in [0.25, 0.3) is 5.91 Å². The summed E-state index contributed by atoms with van der Waals surface area (Å²) in [7, 11) is 1.56. The normalized spacial score (nSPS) is 19.1. The van der Waals surface area contributed by atoms with Gasteiger partial charge in [-0.25, -0.2) is 9.97 Å². The van der Waals surface area contributed by atoms with Gasteiger partial charge >= 0.3 is 0 Å². The van der Waals surface area contributed by atoms with Gasteiger partial charge in [0, 0.05) is 18.7 Å². The van der Waals surface area contributed by atoms with E-state index in [2.05, 4.69) is 15.3 Å². The van der Waals surface area contributed by atoms with E-state index in [1.807, 2.05) is 24.0 Å². The zero-order chi connectivity index (χ0) is 21.1. The molecule has 0 unspecified atom stereocenters. The highest BCUT2D eigenvalue weighted by atomic mass is 16.5. The second-order valence-corrected chi connectivity index (χ2v) is 8.05. The fraction of sp³-hybridized carbons (Fsp3) is 0.478. The molecular weight excluding hydrogens is 380 g/mol. The minimum absolute atomic E-state index is 0.100. The molecule has 1 saturated carbocycles. The summed E-state index contributed by atoms with van der Waals surface area (Å²) in [5.74, 6) is 1.35. The second kappa shape index (κ2) is 8.81. The van der Waals surface area contributed by atoms with E-state index in [0.717, 1.165) is 45.1 Å². The zero-order valence-corrected chi connectivity index (χ0v) is 17.6. The van der Waals surface area contributed by atoms with Crippen LogP contribution < -0.4 is 10.1 Å². The Balaban J connectivity index is 1.53. The number of rotatable bonds is 5. The number of aromatic nitrogens is 2. The Hall–Kier alpha value is -2.96. The highest BCUT2D eigenvalue weighted by Gasteiger charge is 2.36. The molecule has 2 aromatic rings. The molecule has 30 heavy (non-hydrogen) atoms. The number of methoxy groups -OCH3 is 1. The molecule has 158 valence electrons. The number of carbonyl (C=O) groups is 2. The Morgan fingerprint density at radius 1 is 1.13 bits per heavy atom. The number of piperidine rings is 1. The van der Waals surface area contributed by atoms with E-state index in [-0.39, 0.29) is 23.8 Å². The van der Waals surface area contributed by atoms with Gasteiger partial charge in [-0.3, -0.25) is 9.59 Å². The molecule has 1 aliphatic heterocycles. The Labute approximate surface area is 176 Å². The van der Waals surface area contributed by atoms with Gasteiger partial charge in [0.15, 0.2) is 5.82 Å². The van der Waals surface area contributed by atoms with Crippen LogP contribution in [-0.2, 0) is 4.79 Å². The predicted molar refractivity (Wildman–Crippen MR) is 113 cm³/mol. The zero-order valence-electron chi connectivity index (χ0n) is 17.6. The average molecular weight is 409 g/mol. The average Bonchev–Trinajstić information content (AvgIpc) is 2.72. The van der Waals surface area contributed by atoms with Crippen LogP contribution in [0, 0.1) is 12.8 Å². The number of likely N-dealkylation sites (tertiary alicyclic amines) is 1. The molecule has 4 rings (SSSR count). The van der Waals surface area contributed by atoms with Crippen LogP contribution in [0.4, 0.5) is 5.69 Å². The van der Waals surface area contributed by atoms with E-state index in [4.69, 9.17) is 4.74 Å². The molecule has 7 heteroatoms. The van der Waals surface area contributed by atoms with E-state index >= 15 is 0 Å². The quantitative estimate of drug-likeness (QED) is 0.811. The fourth-order valence-electron chi connectivity index (χ4n) is 4.16. The van der Waals surface area contributed by atoms with Crippen LogP contribution in [0.2, 0.25) is 0 Å². The molecule has 1 atom stereocenters. The SMILES string of the molecule is COc1ccccc1NC(=O)c1cnc([C@@H]2CCCCN2C(=O)C2CCC2)nc1C. The summed E-state index contributed by atoms with van der Waals surface area (Å²) < 4.78 is 5.29. The van der Waals surface area contributed by atoms with Crippen molar-refractivity contribution in [2.45, 2.75) is 51.5 Å². The van der Waals surface area contributed by atoms with Gasteiger partial charge in [0.2, 0.25) is 5.91 Å². The molecule has 1 aliphatic carbocycles. The summed E-state index contributed by atoms with van der Waals surface area (Å²) >= 11 is 0. The Morgan fingerprint density at radius 2 is 1.93 bits per heavy atom. The van der Waals surface area contributed by atoms with E-state index in [1.165, 1.54) is 0 Å². The first-order chi connectivity index (χ1) is 14.6. The number of aryl methyl sites for hydroxylation is 1. The number of hydrogen-bond donors (Lipinski definition) is 1. The van der Waals surface area contributed by atoms with Gasteiger partial charge < -0.3 is 15.0 Å². The van der Waals surface area contributed by atoms with Crippen molar-refractivity contribution in [3.63, 3.8) is 0 Å². The number of hydrogen-bond acceptors (Lipinski definition) is 5. The molecule has 0 spiro atoms. The maximum atomic E-state index is 12.9. The molecule has 2 aliphatic rings. The van der Waals surface area contributed by atoms with Gasteiger partial charge in [-0.15, -0.1) is 0 Å². The van der Waals surface area contributed by atoms with Crippen LogP contribution in [0.5, 0.6) is 5.75 Å². The minimum atomic E-state index is -0.283. The molecular formula is C23H28N4O3. The molecule has 2 amide bonds. The van der Waals surface area contributed by atoms with E-state index in [9.17, 15) is 9.59 Å². The fourth-order valence-corrected chi connectivity index (χ4v) is 4.16. The first-order valence-electron chi connectivity index (χ1n) is 10.7. The number of carbonyl (C=O) groups excluding carboxylic acids is 2. The van der Waals surface area contributed by atoms with Crippen molar-refractivity contribution < 1.29 is 14.3 Å². The largest absolute Gasteiger partial charge is 0.495 e. The van der Waals surface area contributed by atoms with Crippen LogP contribution in [0.3, 0.4) is 0 Å². The van der Waals surface area contributed by atoms with E-state index in [0.29, 0.717) is 28.5 Å². The Kier molecular flexibility index (Phi) is 5.97. The molecule has 1 saturated heterocycles. The van der Waals surface area contributed by atoms with Crippen molar-refractivity contribution in [3.8, 4) is 5.75 Å². The van der Waals surface area contributed by atoms with Gasteiger partial charge in [0.05, 0.1) is 30.1 Å². The summed E-state index contributed by atoms with van der Waals surface area (Å²) in [5, 5.41) is 2.87. The second-order valence-electron chi connectivity index (χ2n) is 8.05. The number of ether oxygens (including phenoxy) is 1. The van der Waals surface area contributed by atoms with Crippen molar-refractivity contribution in [3.05, 3.63) is 47.5 Å². The van der Waals surface area contributed by atoms with Crippen LogP contribution in [0.15, 0.2) is 30.5 Å². The van der Waals surface area contributed by atoms with Crippen LogP contribution >= 0.6 is 0 Å². The molecule has 2 fully saturated rings. The van der Waals surface area contributed by atoms with Crippen molar-refractivity contribution in [1.29, 1.82) is 0 Å². The summed E-state index contributed by atoms with van der Waals surface area (Å²) in [6, 6.07) is 7.16. The molecule has 1 N–H and O–H groups in total. The van der Waals surface area contributed by atoms with E-state index in [1.54, 1.807) is 25.4 Å². The topological polar surface area (TPSA) is 84.4 Å². The first-order valence-corrected chi connectivity index (χ1v) is 10.7. The van der Waals surface area contributed by atoms with Gasteiger partial charge in [-0.2, -0.15) is 0 Å². The maximum absolute atomic E-state index is 12.9. The lowest BCUT2D eigenvalue weighted by atomic mass is 9.83. The van der Waals surface area contributed by atoms with Crippen molar-refractivity contribution in [2.75, 3.05) is 19.0 Å². The Bertz CT molecular complexity index is 942. The molecule has 0 radical (unpaired) electrons. The number of para-hydroxylation sites is 2. The standard InChI is InChI=1S/C23H28N4O3/c1-15-17(22(28)26-18-10-3-4-12-20(18)30-2)14-24-21(25-15)19-11-5-6-13-27(19)23(29)16-8-7-9-16/h3-4,10,12,14,16,19H,5-9,11,13H2,1-2H3,(H,26,28)/t19-/m0/s1. The summed E-state index contributed by atoms with van der Waals surface area (Å²) in [4.78, 5) is 36.8. The number of nitrogens with zero attached hydrogens (tertiary/aromatic N) is 3. The third-order valence-corrected chi connectivity index (χ3v) is 6.14. The third-order valence-electron chi connectivity index (χ3n) is 6.14. The summed E-state index contributed by atoms with van der Waals surface area (Å²) in [6.07, 6.45) is 7.63. The monoisotopic (exact) mass is 408 g/mol. The lowest BCUT2D eigenvalue weighted by Crippen LogP contribution is -2.44. The third kappa shape index (κ3) is 4.01. The number of nitrogens with one attached hydrogen (secondary N) is 1. The van der Waals surface area contributed by atoms with Crippen LogP contribution in [0.25, 0.3) is 0 Å².